The Morgan fingerprint density at radius 3 is 2.75 bits per heavy atom. The lowest BCUT2D eigenvalue weighted by Gasteiger charge is -2.29. The average Bonchev–Trinajstić information content (AvgIpc) is 3.27. The zero-order valence-electron chi connectivity index (χ0n) is 15.3. The lowest BCUT2D eigenvalue weighted by molar-refractivity contribution is 0.0807. The van der Waals surface area contributed by atoms with E-state index in [4.69, 9.17) is 4.74 Å². The van der Waals surface area contributed by atoms with Crippen LogP contribution < -0.4 is 15.1 Å². The van der Waals surface area contributed by atoms with Gasteiger partial charge in [0.25, 0.3) is 5.91 Å². The third-order valence-electron chi connectivity index (χ3n) is 4.77. The van der Waals surface area contributed by atoms with Crippen molar-refractivity contribution in [1.82, 2.24) is 5.32 Å². The molecule has 1 atom stereocenters. The van der Waals surface area contributed by atoms with E-state index < -0.39 is 12.3 Å². The van der Waals surface area contributed by atoms with Gasteiger partial charge in [-0.1, -0.05) is 0 Å². The van der Waals surface area contributed by atoms with Gasteiger partial charge >= 0.3 is 6.09 Å². The Labute approximate surface area is 170 Å². The number of nitrogens with one attached hydrogen (secondary N) is 1. The molecule has 9 heteroatoms. The third kappa shape index (κ3) is 3.81. The largest absolute Gasteiger partial charge is 0.423 e. The Balaban J connectivity index is 1.44. The number of aryl methyl sites for hydroxylation is 1. The van der Waals surface area contributed by atoms with Crippen LogP contribution in [0.15, 0.2) is 29.6 Å². The zero-order chi connectivity index (χ0) is 19.7. The highest BCUT2D eigenvalue weighted by Gasteiger charge is 2.34. The molecule has 2 amide bonds. The van der Waals surface area contributed by atoms with Crippen molar-refractivity contribution in [3.8, 4) is 0 Å². The lowest BCUT2D eigenvalue weighted by atomic mass is 10.2. The molecule has 4 rings (SSSR count). The van der Waals surface area contributed by atoms with Gasteiger partial charge in [0, 0.05) is 24.6 Å². The lowest BCUT2D eigenvalue weighted by Crippen LogP contribution is -2.37. The number of hydrogen-bond acceptors (Lipinski definition) is 6. The van der Waals surface area contributed by atoms with E-state index >= 15 is 0 Å². The van der Waals surface area contributed by atoms with Crippen LogP contribution in [0.4, 0.5) is 20.6 Å². The number of ether oxygens (including phenoxy) is 1. The van der Waals surface area contributed by atoms with Crippen LogP contribution in [0.3, 0.4) is 0 Å². The Morgan fingerprint density at radius 1 is 1.29 bits per heavy atom. The van der Waals surface area contributed by atoms with Gasteiger partial charge in [0.05, 0.1) is 22.8 Å². The molecule has 2 aromatic rings. The quantitative estimate of drug-likeness (QED) is 0.819. The predicted molar refractivity (Wildman–Crippen MR) is 110 cm³/mol. The minimum atomic E-state index is -0.775. The van der Waals surface area contributed by atoms with Crippen LogP contribution in [0, 0.1) is 12.7 Å². The number of benzene rings is 1. The molecule has 0 bridgehead atoms. The van der Waals surface area contributed by atoms with Crippen LogP contribution in [-0.2, 0) is 4.74 Å². The normalized spacial score (nSPS) is 19.6. The number of halogens is 1. The SMILES string of the molecule is Cc1ccsc1C(=O)N[C@@H]1CN(c2ccc(N3CCSCC3)c(F)c2)C(=O)O1. The Hall–Kier alpha value is -2.26. The maximum absolute atomic E-state index is 14.7. The number of nitrogens with zero attached hydrogens (tertiary/aromatic N) is 2. The number of thiophene rings is 1. The summed E-state index contributed by atoms with van der Waals surface area (Å²) in [6, 6.07) is 6.63. The summed E-state index contributed by atoms with van der Waals surface area (Å²) < 4.78 is 19.9. The van der Waals surface area contributed by atoms with Crippen molar-refractivity contribution < 1.29 is 18.7 Å². The molecule has 2 saturated heterocycles. The molecule has 0 spiro atoms. The fourth-order valence-electron chi connectivity index (χ4n) is 3.29. The second-order valence-electron chi connectivity index (χ2n) is 6.62. The van der Waals surface area contributed by atoms with E-state index in [1.165, 1.54) is 22.3 Å². The van der Waals surface area contributed by atoms with Crippen molar-refractivity contribution in [2.45, 2.75) is 13.2 Å². The fourth-order valence-corrected chi connectivity index (χ4v) is 5.02. The minimum Gasteiger partial charge on any atom is -0.423 e. The van der Waals surface area contributed by atoms with E-state index in [1.807, 2.05) is 35.0 Å². The van der Waals surface area contributed by atoms with Gasteiger partial charge in [-0.2, -0.15) is 11.8 Å². The van der Waals surface area contributed by atoms with Gasteiger partial charge < -0.3 is 15.0 Å². The third-order valence-corrected chi connectivity index (χ3v) is 6.72. The van der Waals surface area contributed by atoms with Crippen LogP contribution in [0.1, 0.15) is 15.2 Å². The highest BCUT2D eigenvalue weighted by molar-refractivity contribution is 7.99. The maximum Gasteiger partial charge on any atom is 0.416 e. The highest BCUT2D eigenvalue weighted by atomic mass is 32.2. The molecule has 1 aromatic carbocycles. The van der Waals surface area contributed by atoms with Gasteiger partial charge in [0.15, 0.2) is 6.23 Å². The Bertz CT molecular complexity index is 898. The molecule has 2 aliphatic heterocycles. The summed E-state index contributed by atoms with van der Waals surface area (Å²) in [6.07, 6.45) is -1.38. The van der Waals surface area contributed by atoms with E-state index in [0.717, 1.165) is 30.2 Å². The standard InChI is InChI=1S/C19H20FN3O3S2/c1-12-4-7-28-17(12)18(24)21-16-11-23(19(25)26-16)13-2-3-15(14(20)10-13)22-5-8-27-9-6-22/h2-4,7,10,16H,5-6,8-9,11H2,1H3,(H,21,24)/t16-/m0/s1. The molecule has 1 N–H and O–H groups in total. The summed E-state index contributed by atoms with van der Waals surface area (Å²) in [5.74, 6) is 1.31. The first kappa shape index (κ1) is 19.1. The number of cyclic esters (lactones) is 1. The molecule has 2 aliphatic rings. The number of amides is 2. The van der Waals surface area contributed by atoms with Crippen LogP contribution in [-0.4, -0.2) is 49.4 Å². The van der Waals surface area contributed by atoms with Gasteiger partial charge in [-0.25, -0.2) is 9.18 Å². The average molecular weight is 422 g/mol. The molecule has 148 valence electrons. The number of thioether (sulfide) groups is 1. The van der Waals surface area contributed by atoms with E-state index in [2.05, 4.69) is 5.32 Å². The second-order valence-corrected chi connectivity index (χ2v) is 8.77. The first-order chi connectivity index (χ1) is 13.5. The first-order valence-corrected chi connectivity index (χ1v) is 11.0. The van der Waals surface area contributed by atoms with Gasteiger partial charge in [-0.05, 0) is 42.1 Å². The number of carbonyl (C=O) groups is 2. The van der Waals surface area contributed by atoms with Gasteiger partial charge in [-0.3, -0.25) is 9.69 Å². The molecule has 0 unspecified atom stereocenters. The smallest absolute Gasteiger partial charge is 0.416 e. The van der Waals surface area contributed by atoms with Gasteiger partial charge in [0.2, 0.25) is 0 Å². The van der Waals surface area contributed by atoms with Crippen molar-refractivity contribution in [1.29, 1.82) is 0 Å². The van der Waals surface area contributed by atoms with E-state index in [0.29, 0.717) is 16.3 Å². The minimum absolute atomic E-state index is 0.133. The molecule has 28 heavy (non-hydrogen) atoms. The molecular formula is C19H20FN3O3S2. The summed E-state index contributed by atoms with van der Waals surface area (Å²) in [5.41, 5.74) is 1.84. The van der Waals surface area contributed by atoms with Crippen LogP contribution >= 0.6 is 23.1 Å². The summed E-state index contributed by atoms with van der Waals surface area (Å²) >= 11 is 3.19. The molecule has 2 fully saturated rings. The summed E-state index contributed by atoms with van der Waals surface area (Å²) in [6.45, 7) is 3.60. The zero-order valence-corrected chi connectivity index (χ0v) is 16.9. The van der Waals surface area contributed by atoms with Crippen LogP contribution in [0.5, 0.6) is 0 Å². The van der Waals surface area contributed by atoms with Crippen LogP contribution in [0.2, 0.25) is 0 Å². The fraction of sp³-hybridized carbons (Fsp3) is 0.368. The van der Waals surface area contributed by atoms with Crippen molar-refractivity contribution in [2.75, 3.05) is 40.9 Å². The molecule has 1 aromatic heterocycles. The predicted octanol–water partition coefficient (Wildman–Crippen LogP) is 3.46. The summed E-state index contributed by atoms with van der Waals surface area (Å²) in [5, 5.41) is 4.55. The topological polar surface area (TPSA) is 61.9 Å². The molecule has 0 aliphatic carbocycles. The Kier molecular flexibility index (Phi) is 5.45. The first-order valence-electron chi connectivity index (χ1n) is 8.98. The van der Waals surface area contributed by atoms with Crippen molar-refractivity contribution in [3.63, 3.8) is 0 Å². The summed E-state index contributed by atoms with van der Waals surface area (Å²) in [7, 11) is 0. The molecular weight excluding hydrogens is 401 g/mol. The van der Waals surface area contributed by atoms with Gasteiger partial charge in [-0.15, -0.1) is 11.3 Å². The van der Waals surface area contributed by atoms with Crippen molar-refractivity contribution in [3.05, 3.63) is 45.9 Å². The second kappa shape index (κ2) is 8.00. The molecule has 3 heterocycles. The number of carbonyl (C=O) groups excluding carboxylic acids is 2. The van der Waals surface area contributed by atoms with E-state index in [-0.39, 0.29) is 18.3 Å². The van der Waals surface area contributed by atoms with Crippen molar-refractivity contribution in [2.24, 2.45) is 0 Å². The highest BCUT2D eigenvalue weighted by Crippen LogP contribution is 2.29. The number of anilines is 2. The molecule has 6 nitrogen and oxygen atoms in total. The van der Waals surface area contributed by atoms with Gasteiger partial charge in [0.1, 0.15) is 5.82 Å². The van der Waals surface area contributed by atoms with Crippen LogP contribution in [0.25, 0.3) is 0 Å². The molecule has 0 radical (unpaired) electrons. The van der Waals surface area contributed by atoms with Crippen molar-refractivity contribution >= 4 is 46.5 Å². The monoisotopic (exact) mass is 421 g/mol. The summed E-state index contributed by atoms with van der Waals surface area (Å²) in [4.78, 5) is 28.5. The molecule has 0 saturated carbocycles. The van der Waals surface area contributed by atoms with E-state index in [9.17, 15) is 14.0 Å². The number of rotatable bonds is 4. The van der Waals surface area contributed by atoms with E-state index in [1.54, 1.807) is 12.1 Å². The maximum atomic E-state index is 14.7. The number of hydrogen-bond donors (Lipinski definition) is 1. The Morgan fingerprint density at radius 2 is 2.07 bits per heavy atom.